The number of methoxy groups -OCH3 is 1. The summed E-state index contributed by atoms with van der Waals surface area (Å²) in [5, 5.41) is 2.19. The van der Waals surface area contributed by atoms with Gasteiger partial charge in [-0.2, -0.15) is 0 Å². The molecule has 216 valence electrons. The molecule has 4 aromatic carbocycles. The van der Waals surface area contributed by atoms with Crippen molar-refractivity contribution in [3.05, 3.63) is 119 Å². The topological polar surface area (TPSA) is 65.1 Å². The number of benzene rings is 4. The van der Waals surface area contributed by atoms with Gasteiger partial charge in [-0.3, -0.25) is 4.90 Å². The molecule has 6 nitrogen and oxygen atoms in total. The van der Waals surface area contributed by atoms with Gasteiger partial charge in [0.2, 0.25) is 0 Å². The van der Waals surface area contributed by atoms with Gasteiger partial charge in [-0.1, -0.05) is 72.8 Å². The predicted molar refractivity (Wildman–Crippen MR) is 166 cm³/mol. The Morgan fingerprint density at radius 2 is 1.67 bits per heavy atom. The first-order valence-corrected chi connectivity index (χ1v) is 14.2. The monoisotopic (exact) mass is 563 g/mol. The second-order valence-electron chi connectivity index (χ2n) is 11.6. The van der Waals surface area contributed by atoms with Gasteiger partial charge in [0.1, 0.15) is 17.5 Å². The van der Waals surface area contributed by atoms with Gasteiger partial charge in [-0.15, -0.1) is 0 Å². The van der Waals surface area contributed by atoms with Gasteiger partial charge < -0.3 is 14.2 Å². The van der Waals surface area contributed by atoms with Crippen LogP contribution in [0.5, 0.6) is 5.75 Å². The van der Waals surface area contributed by atoms with Crippen molar-refractivity contribution in [2.75, 3.05) is 13.7 Å². The molecule has 0 saturated carbocycles. The highest BCUT2D eigenvalue weighted by Crippen LogP contribution is 2.38. The summed E-state index contributed by atoms with van der Waals surface area (Å²) < 4.78 is 17.4. The molecule has 0 radical (unpaired) electrons. The lowest BCUT2D eigenvalue weighted by atomic mass is 9.91. The Bertz CT molecular complexity index is 1660. The van der Waals surface area contributed by atoms with E-state index in [1.165, 1.54) is 7.11 Å². The van der Waals surface area contributed by atoms with Crippen LogP contribution < -0.4 is 4.74 Å². The van der Waals surface area contributed by atoms with E-state index in [0.29, 0.717) is 11.3 Å². The zero-order valence-corrected chi connectivity index (χ0v) is 25.0. The second-order valence-corrected chi connectivity index (χ2v) is 11.6. The fraction of sp³-hybridized carbons (Fsp3) is 0.278. The average molecular weight is 564 g/mol. The van der Waals surface area contributed by atoms with Gasteiger partial charge in [0.05, 0.1) is 25.3 Å². The number of ether oxygens (including phenoxy) is 3. The molecule has 0 fully saturated rings. The average Bonchev–Trinajstić information content (AvgIpc) is 2.97. The number of esters is 1. The molecule has 0 bridgehead atoms. The van der Waals surface area contributed by atoms with E-state index in [1.807, 2.05) is 101 Å². The molecule has 0 N–H and O–H groups in total. The SMILES string of the molecule is COC(=O)c1cc(C2=C[C@H](CN(C(=O)OC(C)(C)C)C(C)c3cccc4ccccc34)Oc3ccccc32)ccc1C. The molecule has 2 atom stereocenters. The van der Waals surface area contributed by atoms with E-state index >= 15 is 0 Å². The van der Waals surface area contributed by atoms with Crippen LogP contribution in [0.4, 0.5) is 4.79 Å². The maximum atomic E-state index is 13.7. The van der Waals surface area contributed by atoms with Crippen LogP contribution >= 0.6 is 0 Å². The molecule has 4 aromatic rings. The highest BCUT2D eigenvalue weighted by molar-refractivity contribution is 5.94. The smallest absolute Gasteiger partial charge is 0.410 e. The molecule has 1 amide bonds. The first-order chi connectivity index (χ1) is 20.1. The number of rotatable bonds is 6. The molecule has 1 heterocycles. The Morgan fingerprint density at radius 1 is 0.952 bits per heavy atom. The van der Waals surface area contributed by atoms with Crippen LogP contribution in [0.15, 0.2) is 91.0 Å². The van der Waals surface area contributed by atoms with Crippen molar-refractivity contribution in [2.24, 2.45) is 0 Å². The molecule has 6 heteroatoms. The predicted octanol–water partition coefficient (Wildman–Crippen LogP) is 8.13. The fourth-order valence-corrected chi connectivity index (χ4v) is 5.41. The largest absolute Gasteiger partial charge is 0.484 e. The van der Waals surface area contributed by atoms with E-state index in [2.05, 4.69) is 24.3 Å². The van der Waals surface area contributed by atoms with Crippen LogP contribution in [0.3, 0.4) is 0 Å². The van der Waals surface area contributed by atoms with Crippen LogP contribution in [0, 0.1) is 6.92 Å². The van der Waals surface area contributed by atoms with Crippen molar-refractivity contribution < 1.29 is 23.8 Å². The Balaban J connectivity index is 1.56. The number of hydrogen-bond donors (Lipinski definition) is 0. The quantitative estimate of drug-likeness (QED) is 0.222. The van der Waals surface area contributed by atoms with Crippen LogP contribution in [-0.2, 0) is 9.47 Å². The molecule has 5 rings (SSSR count). The second kappa shape index (κ2) is 11.7. The summed E-state index contributed by atoms with van der Waals surface area (Å²) in [7, 11) is 1.38. The molecule has 1 unspecified atom stereocenters. The van der Waals surface area contributed by atoms with Gasteiger partial charge in [-0.05, 0) is 85.9 Å². The molecule has 0 spiro atoms. The number of carbonyl (C=O) groups excluding carboxylic acids is 2. The maximum Gasteiger partial charge on any atom is 0.410 e. The number of nitrogens with zero attached hydrogens (tertiary/aromatic N) is 1. The van der Waals surface area contributed by atoms with Crippen molar-refractivity contribution in [1.82, 2.24) is 4.90 Å². The van der Waals surface area contributed by atoms with Crippen molar-refractivity contribution in [1.29, 1.82) is 0 Å². The molecule has 0 aliphatic carbocycles. The third-order valence-corrected chi connectivity index (χ3v) is 7.51. The van der Waals surface area contributed by atoms with Crippen LogP contribution in [0.1, 0.15) is 66.3 Å². The summed E-state index contributed by atoms with van der Waals surface area (Å²) >= 11 is 0. The van der Waals surface area contributed by atoms with Crippen molar-refractivity contribution in [3.8, 4) is 5.75 Å². The third kappa shape index (κ3) is 6.03. The van der Waals surface area contributed by atoms with Gasteiger partial charge in [-0.25, -0.2) is 9.59 Å². The van der Waals surface area contributed by atoms with E-state index in [9.17, 15) is 9.59 Å². The highest BCUT2D eigenvalue weighted by Gasteiger charge is 2.32. The van der Waals surface area contributed by atoms with Crippen LogP contribution in [0.2, 0.25) is 0 Å². The fourth-order valence-electron chi connectivity index (χ4n) is 5.41. The molecule has 42 heavy (non-hydrogen) atoms. The van der Waals surface area contributed by atoms with E-state index in [0.717, 1.165) is 38.6 Å². The van der Waals surface area contributed by atoms with Crippen LogP contribution in [0.25, 0.3) is 16.3 Å². The lowest BCUT2D eigenvalue weighted by Gasteiger charge is -2.35. The number of fused-ring (bicyclic) bond motifs is 2. The molecule has 0 saturated heterocycles. The van der Waals surface area contributed by atoms with Crippen molar-refractivity contribution in [2.45, 2.75) is 52.4 Å². The van der Waals surface area contributed by atoms with E-state index in [-0.39, 0.29) is 18.6 Å². The maximum absolute atomic E-state index is 13.7. The number of para-hydroxylation sites is 1. The molecule has 1 aliphatic heterocycles. The lowest BCUT2D eigenvalue weighted by Crippen LogP contribution is -2.44. The third-order valence-electron chi connectivity index (χ3n) is 7.51. The minimum atomic E-state index is -0.666. The molecule has 1 aliphatic rings. The Morgan fingerprint density at radius 3 is 2.43 bits per heavy atom. The molecular weight excluding hydrogens is 526 g/mol. The zero-order valence-electron chi connectivity index (χ0n) is 25.0. The summed E-state index contributed by atoms with van der Waals surface area (Å²) in [4.78, 5) is 28.0. The standard InChI is InChI=1S/C36H37NO5/c1-23-18-19-26(20-31(23)34(38)40-6)32-21-27(41-33-17-10-9-15-30(32)33)22-37(35(39)42-36(3,4)5)24(2)28-16-11-13-25-12-7-8-14-29(25)28/h7-21,24,27H,22H2,1-6H3/t24?,27-/m1/s1. The summed E-state index contributed by atoms with van der Waals surface area (Å²) in [5.41, 5.74) is 4.42. The molecule has 0 aromatic heterocycles. The summed E-state index contributed by atoms with van der Waals surface area (Å²) in [6, 6.07) is 27.6. The van der Waals surface area contributed by atoms with Gasteiger partial charge >= 0.3 is 12.1 Å². The van der Waals surface area contributed by atoms with E-state index < -0.39 is 17.8 Å². The Kier molecular flexibility index (Phi) is 8.08. The van der Waals surface area contributed by atoms with Crippen molar-refractivity contribution >= 4 is 28.4 Å². The summed E-state index contributed by atoms with van der Waals surface area (Å²) in [6.45, 7) is 9.77. The van der Waals surface area contributed by atoms with Crippen molar-refractivity contribution in [3.63, 3.8) is 0 Å². The Labute approximate surface area is 247 Å². The number of hydrogen-bond acceptors (Lipinski definition) is 5. The van der Waals surface area contributed by atoms with Crippen LogP contribution in [-0.4, -0.2) is 42.3 Å². The first-order valence-electron chi connectivity index (χ1n) is 14.2. The Hall–Kier alpha value is -4.58. The zero-order chi connectivity index (χ0) is 30.0. The number of aryl methyl sites for hydroxylation is 1. The molecular formula is C36H37NO5. The number of carbonyl (C=O) groups is 2. The summed E-state index contributed by atoms with van der Waals surface area (Å²) in [5.74, 6) is 0.328. The normalized spacial score (nSPS) is 15.2. The first kappa shape index (κ1) is 28.9. The minimum Gasteiger partial charge on any atom is -0.484 e. The van der Waals surface area contributed by atoms with Gasteiger partial charge in [0, 0.05) is 5.56 Å². The minimum absolute atomic E-state index is 0.257. The summed E-state index contributed by atoms with van der Waals surface area (Å²) in [6.07, 6.45) is 1.15. The lowest BCUT2D eigenvalue weighted by molar-refractivity contribution is 0.0110. The van der Waals surface area contributed by atoms with Gasteiger partial charge in [0.25, 0.3) is 0 Å². The van der Waals surface area contributed by atoms with Gasteiger partial charge in [0.15, 0.2) is 0 Å². The highest BCUT2D eigenvalue weighted by atomic mass is 16.6. The number of amides is 1. The van der Waals surface area contributed by atoms with E-state index in [1.54, 1.807) is 4.90 Å². The van der Waals surface area contributed by atoms with E-state index in [4.69, 9.17) is 14.2 Å².